The Kier molecular flexibility index (Phi) is 7.21. The van der Waals surface area contributed by atoms with E-state index in [1.165, 1.54) is 0 Å². The number of ether oxygens (including phenoxy) is 1. The molecule has 0 bridgehead atoms. The van der Waals surface area contributed by atoms with Gasteiger partial charge < -0.3 is 15.4 Å². The molecule has 0 aromatic heterocycles. The topological polar surface area (TPSA) is 55.6 Å². The van der Waals surface area contributed by atoms with Crippen molar-refractivity contribution in [2.24, 2.45) is 5.73 Å². The summed E-state index contributed by atoms with van der Waals surface area (Å²) in [5.74, 6) is 0.256. The second kappa shape index (κ2) is 8.48. The van der Waals surface area contributed by atoms with Crippen LogP contribution in [0.15, 0.2) is 0 Å². The van der Waals surface area contributed by atoms with E-state index in [4.69, 9.17) is 10.5 Å². The largest absolute Gasteiger partial charge is 0.378 e. The molecule has 4 nitrogen and oxygen atoms in total. The highest BCUT2D eigenvalue weighted by Crippen LogP contribution is 2.15. The van der Waals surface area contributed by atoms with Gasteiger partial charge in [0.2, 0.25) is 5.91 Å². The number of nitrogens with zero attached hydrogens (tertiary/aromatic N) is 1. The van der Waals surface area contributed by atoms with Crippen LogP contribution in [0, 0.1) is 0 Å². The minimum absolute atomic E-state index is 0.256. The van der Waals surface area contributed by atoms with Crippen LogP contribution in [-0.4, -0.2) is 43.2 Å². The van der Waals surface area contributed by atoms with Gasteiger partial charge in [0.15, 0.2) is 0 Å². The molecular formula is C13H26N2O2. The van der Waals surface area contributed by atoms with E-state index in [1.807, 2.05) is 4.90 Å². The first kappa shape index (κ1) is 14.5. The van der Waals surface area contributed by atoms with Crippen molar-refractivity contribution in [2.75, 3.05) is 26.2 Å². The molecule has 4 heteroatoms. The zero-order valence-corrected chi connectivity index (χ0v) is 11.0. The Morgan fingerprint density at radius 3 is 2.94 bits per heavy atom. The summed E-state index contributed by atoms with van der Waals surface area (Å²) in [6.07, 6.45) is 5.93. The number of carbonyl (C=O) groups excluding carboxylic acids is 1. The van der Waals surface area contributed by atoms with Crippen molar-refractivity contribution in [3.63, 3.8) is 0 Å². The first-order chi connectivity index (χ1) is 8.27. The monoisotopic (exact) mass is 242 g/mol. The molecule has 1 rings (SSSR count). The summed E-state index contributed by atoms with van der Waals surface area (Å²) in [5, 5.41) is 0. The van der Waals surface area contributed by atoms with Crippen LogP contribution in [0.4, 0.5) is 0 Å². The standard InChI is InChI=1S/C13H26N2O2/c1-2-11-17-12-5-4-9-15(10-7-12)13(16)6-3-8-14/h12H,2-11,14H2,1H3/t12-/m0/s1. The van der Waals surface area contributed by atoms with Crippen LogP contribution in [0.5, 0.6) is 0 Å². The van der Waals surface area contributed by atoms with Gasteiger partial charge in [0, 0.05) is 26.1 Å². The molecule has 1 saturated heterocycles. The summed E-state index contributed by atoms with van der Waals surface area (Å²) in [7, 11) is 0. The predicted molar refractivity (Wildman–Crippen MR) is 68.8 cm³/mol. The predicted octanol–water partition coefficient (Wildman–Crippen LogP) is 1.53. The van der Waals surface area contributed by atoms with E-state index in [0.717, 1.165) is 51.8 Å². The number of likely N-dealkylation sites (tertiary alicyclic amines) is 1. The number of rotatable bonds is 6. The van der Waals surface area contributed by atoms with Gasteiger partial charge in [-0.3, -0.25) is 4.79 Å². The molecule has 0 aromatic carbocycles. The molecule has 1 fully saturated rings. The highest BCUT2D eigenvalue weighted by Gasteiger charge is 2.20. The average molecular weight is 242 g/mol. The van der Waals surface area contributed by atoms with Crippen LogP contribution in [-0.2, 0) is 9.53 Å². The van der Waals surface area contributed by atoms with E-state index < -0.39 is 0 Å². The lowest BCUT2D eigenvalue weighted by molar-refractivity contribution is -0.131. The van der Waals surface area contributed by atoms with Crippen LogP contribution in [0.25, 0.3) is 0 Å². The van der Waals surface area contributed by atoms with Crippen molar-refractivity contribution < 1.29 is 9.53 Å². The van der Waals surface area contributed by atoms with Crippen LogP contribution < -0.4 is 5.73 Å². The third kappa shape index (κ3) is 5.50. The molecule has 1 amide bonds. The molecular weight excluding hydrogens is 216 g/mol. The lowest BCUT2D eigenvalue weighted by Gasteiger charge is -2.20. The van der Waals surface area contributed by atoms with Crippen LogP contribution >= 0.6 is 0 Å². The fourth-order valence-electron chi connectivity index (χ4n) is 2.18. The summed E-state index contributed by atoms with van der Waals surface area (Å²) in [6.45, 7) is 5.29. The third-order valence-corrected chi connectivity index (χ3v) is 3.18. The van der Waals surface area contributed by atoms with Gasteiger partial charge in [-0.25, -0.2) is 0 Å². The van der Waals surface area contributed by atoms with Gasteiger partial charge in [0.1, 0.15) is 0 Å². The van der Waals surface area contributed by atoms with E-state index in [-0.39, 0.29) is 5.91 Å². The first-order valence-electron chi connectivity index (χ1n) is 6.87. The smallest absolute Gasteiger partial charge is 0.222 e. The molecule has 0 aliphatic carbocycles. The molecule has 0 saturated carbocycles. The maximum atomic E-state index is 11.9. The van der Waals surface area contributed by atoms with Crippen LogP contribution in [0.2, 0.25) is 0 Å². The number of amides is 1. The summed E-state index contributed by atoms with van der Waals surface area (Å²) in [6, 6.07) is 0. The van der Waals surface area contributed by atoms with E-state index in [9.17, 15) is 4.79 Å². The quantitative estimate of drug-likeness (QED) is 0.768. The van der Waals surface area contributed by atoms with Crippen molar-refractivity contribution in [1.29, 1.82) is 0 Å². The molecule has 1 aliphatic heterocycles. The molecule has 0 unspecified atom stereocenters. The van der Waals surface area contributed by atoms with Crippen molar-refractivity contribution >= 4 is 5.91 Å². The van der Waals surface area contributed by atoms with Gasteiger partial charge in [0.25, 0.3) is 0 Å². The highest BCUT2D eigenvalue weighted by atomic mass is 16.5. The summed E-state index contributed by atoms with van der Waals surface area (Å²) in [5.41, 5.74) is 5.42. The Balaban J connectivity index is 2.28. The number of hydrogen-bond donors (Lipinski definition) is 1. The molecule has 1 heterocycles. The minimum Gasteiger partial charge on any atom is -0.378 e. The highest BCUT2D eigenvalue weighted by molar-refractivity contribution is 5.76. The normalized spacial score (nSPS) is 21.3. The van der Waals surface area contributed by atoms with Crippen molar-refractivity contribution in [2.45, 2.75) is 51.6 Å². The summed E-state index contributed by atoms with van der Waals surface area (Å²) >= 11 is 0. The second-order valence-electron chi connectivity index (χ2n) is 4.70. The number of hydrogen-bond acceptors (Lipinski definition) is 3. The lowest BCUT2D eigenvalue weighted by Crippen LogP contribution is -2.32. The Bertz CT molecular complexity index is 221. The molecule has 2 N–H and O–H groups in total. The number of carbonyl (C=O) groups is 1. The zero-order valence-electron chi connectivity index (χ0n) is 11.0. The maximum Gasteiger partial charge on any atom is 0.222 e. The maximum absolute atomic E-state index is 11.9. The zero-order chi connectivity index (χ0) is 12.5. The fourth-order valence-corrected chi connectivity index (χ4v) is 2.18. The molecule has 0 aromatic rings. The van der Waals surface area contributed by atoms with E-state index >= 15 is 0 Å². The second-order valence-corrected chi connectivity index (χ2v) is 4.70. The Morgan fingerprint density at radius 2 is 2.24 bits per heavy atom. The van der Waals surface area contributed by atoms with Crippen molar-refractivity contribution in [1.82, 2.24) is 4.90 Å². The molecule has 100 valence electrons. The van der Waals surface area contributed by atoms with Crippen molar-refractivity contribution in [3.05, 3.63) is 0 Å². The molecule has 1 aliphatic rings. The van der Waals surface area contributed by atoms with E-state index in [0.29, 0.717) is 19.1 Å². The van der Waals surface area contributed by atoms with Gasteiger partial charge in [-0.15, -0.1) is 0 Å². The van der Waals surface area contributed by atoms with E-state index in [2.05, 4.69) is 6.92 Å². The van der Waals surface area contributed by atoms with Gasteiger partial charge in [0.05, 0.1) is 6.10 Å². The van der Waals surface area contributed by atoms with E-state index in [1.54, 1.807) is 0 Å². The third-order valence-electron chi connectivity index (χ3n) is 3.18. The van der Waals surface area contributed by atoms with Crippen LogP contribution in [0.3, 0.4) is 0 Å². The van der Waals surface area contributed by atoms with Gasteiger partial charge >= 0.3 is 0 Å². The minimum atomic E-state index is 0.256. The Morgan fingerprint density at radius 1 is 1.41 bits per heavy atom. The summed E-state index contributed by atoms with van der Waals surface area (Å²) < 4.78 is 5.76. The number of nitrogens with two attached hydrogens (primary N) is 1. The van der Waals surface area contributed by atoms with Gasteiger partial charge in [-0.2, -0.15) is 0 Å². The lowest BCUT2D eigenvalue weighted by atomic mass is 10.2. The van der Waals surface area contributed by atoms with Gasteiger partial charge in [-0.1, -0.05) is 6.92 Å². The van der Waals surface area contributed by atoms with Crippen LogP contribution in [0.1, 0.15) is 45.4 Å². The molecule has 17 heavy (non-hydrogen) atoms. The fraction of sp³-hybridized carbons (Fsp3) is 0.923. The molecule has 1 atom stereocenters. The Hall–Kier alpha value is -0.610. The van der Waals surface area contributed by atoms with Crippen molar-refractivity contribution in [3.8, 4) is 0 Å². The SMILES string of the molecule is CCCO[C@H]1CCCN(C(=O)CCCN)CC1. The Labute approximate surface area is 104 Å². The molecule has 0 radical (unpaired) electrons. The summed E-state index contributed by atoms with van der Waals surface area (Å²) in [4.78, 5) is 13.8. The van der Waals surface area contributed by atoms with Gasteiger partial charge in [-0.05, 0) is 38.6 Å². The molecule has 0 spiro atoms. The first-order valence-corrected chi connectivity index (χ1v) is 6.87. The average Bonchev–Trinajstić information content (AvgIpc) is 2.59.